The molecule has 0 saturated carbocycles. The monoisotopic (exact) mass is 467 g/mol. The number of hydrogen-bond acceptors (Lipinski definition) is 4. The van der Waals surface area contributed by atoms with Crippen molar-refractivity contribution in [1.29, 1.82) is 0 Å². The number of nitro groups is 1. The molecule has 7 heteroatoms. The van der Waals surface area contributed by atoms with Crippen LogP contribution in [0.4, 0.5) is 5.69 Å². The van der Waals surface area contributed by atoms with Crippen molar-refractivity contribution >= 4 is 52.1 Å². The van der Waals surface area contributed by atoms with Crippen molar-refractivity contribution < 1.29 is 4.92 Å². The molecular weight excluding hydrogens is 438 g/mol. The summed E-state index contributed by atoms with van der Waals surface area (Å²) in [6, 6.07) is 5.79. The first-order chi connectivity index (χ1) is 17.0. The van der Waals surface area contributed by atoms with Gasteiger partial charge < -0.3 is 9.97 Å². The van der Waals surface area contributed by atoms with Crippen molar-refractivity contribution in [3.05, 3.63) is 73.3 Å². The van der Waals surface area contributed by atoms with Crippen LogP contribution >= 0.6 is 0 Å². The molecule has 2 aliphatic heterocycles. The zero-order valence-electron chi connectivity index (χ0n) is 20.5. The number of fused-ring (bicyclic) bond motifs is 8. The van der Waals surface area contributed by atoms with E-state index in [4.69, 9.17) is 9.97 Å². The molecule has 0 aliphatic carbocycles. The first-order valence-electron chi connectivity index (χ1n) is 12.3. The molecule has 0 radical (unpaired) electrons. The van der Waals surface area contributed by atoms with Crippen molar-refractivity contribution in [1.82, 2.24) is 19.9 Å². The van der Waals surface area contributed by atoms with Gasteiger partial charge in [-0.25, -0.2) is 9.97 Å². The van der Waals surface area contributed by atoms with Gasteiger partial charge in [-0.1, -0.05) is 27.7 Å². The van der Waals surface area contributed by atoms with Crippen molar-refractivity contribution in [2.24, 2.45) is 0 Å². The Morgan fingerprint density at radius 1 is 0.686 bits per heavy atom. The van der Waals surface area contributed by atoms with Gasteiger partial charge in [0.2, 0.25) is 0 Å². The number of rotatable bonds is 5. The van der Waals surface area contributed by atoms with Gasteiger partial charge in [-0.05, 0) is 67.7 Å². The van der Waals surface area contributed by atoms with E-state index in [0.717, 1.165) is 74.4 Å². The molecule has 3 aromatic heterocycles. The summed E-state index contributed by atoms with van der Waals surface area (Å²) in [5.74, 6) is 0. The molecule has 0 atom stereocenters. The summed E-state index contributed by atoms with van der Waals surface area (Å²) in [6.45, 7) is 8.30. The minimum atomic E-state index is -0.307. The number of aromatic nitrogens is 4. The maximum Gasteiger partial charge on any atom is 0.295 e. The molecule has 35 heavy (non-hydrogen) atoms. The van der Waals surface area contributed by atoms with Gasteiger partial charge in [0.1, 0.15) is 5.52 Å². The van der Waals surface area contributed by atoms with Gasteiger partial charge in [-0.2, -0.15) is 0 Å². The van der Waals surface area contributed by atoms with Gasteiger partial charge >= 0.3 is 0 Å². The van der Waals surface area contributed by atoms with E-state index in [1.165, 1.54) is 0 Å². The highest BCUT2D eigenvalue weighted by Crippen LogP contribution is 2.31. The Kier molecular flexibility index (Phi) is 5.84. The van der Waals surface area contributed by atoms with E-state index in [1.54, 1.807) is 6.07 Å². The highest BCUT2D eigenvalue weighted by molar-refractivity contribution is 5.86. The number of hydrogen-bond donors (Lipinski definition) is 2. The molecule has 2 N–H and O–H groups in total. The molecule has 0 fully saturated rings. The highest BCUT2D eigenvalue weighted by atomic mass is 16.6. The van der Waals surface area contributed by atoms with Gasteiger partial charge in [-0.15, -0.1) is 0 Å². The number of aryl methyl sites for hydroxylation is 3. The second-order valence-corrected chi connectivity index (χ2v) is 8.75. The lowest BCUT2D eigenvalue weighted by Gasteiger charge is -2.02. The Bertz CT molecular complexity index is 1570. The van der Waals surface area contributed by atoms with Crippen molar-refractivity contribution in [2.75, 3.05) is 0 Å². The molecule has 7 nitrogen and oxygen atoms in total. The van der Waals surface area contributed by atoms with Crippen molar-refractivity contribution in [3.63, 3.8) is 0 Å². The van der Waals surface area contributed by atoms with Gasteiger partial charge in [-0.3, -0.25) is 10.1 Å². The summed E-state index contributed by atoms with van der Waals surface area (Å²) in [4.78, 5) is 28.6. The predicted molar refractivity (Wildman–Crippen MR) is 143 cm³/mol. The second-order valence-electron chi connectivity index (χ2n) is 8.75. The fourth-order valence-corrected chi connectivity index (χ4v) is 5.14. The Morgan fingerprint density at radius 2 is 1.17 bits per heavy atom. The largest absolute Gasteiger partial charge is 0.355 e. The SMILES string of the molecule is CCc1c2nc(c(CC)c3ccc([nH]3)c(CC)c3cc([N+](=O)[O-])c([nH]3)c(CC)c3nc1C=C3)C=C2. The molecule has 2 aliphatic rings. The number of nitrogens with zero attached hydrogens (tertiary/aromatic N) is 3. The van der Waals surface area contributed by atoms with E-state index in [9.17, 15) is 10.1 Å². The Balaban J connectivity index is 2.03. The lowest BCUT2D eigenvalue weighted by molar-refractivity contribution is -0.383. The average Bonchev–Trinajstić information content (AvgIpc) is 3.64. The quantitative estimate of drug-likeness (QED) is 0.219. The van der Waals surface area contributed by atoms with Gasteiger partial charge in [0.25, 0.3) is 5.69 Å². The molecule has 0 saturated heterocycles. The molecule has 3 aromatic rings. The van der Waals surface area contributed by atoms with E-state index in [1.807, 2.05) is 19.1 Å². The smallest absolute Gasteiger partial charge is 0.295 e. The standard InChI is InChI=1S/C28H29N5O2/c1-5-16-20-9-10-21(29-20)17(6-2)23-13-14-25(31-23)19(8-4)28-27(33(34)35)15-26(32-28)18(7-3)24-12-11-22(16)30-24/h9-15,30,32H,5-8H2,1-4H3. The zero-order valence-corrected chi connectivity index (χ0v) is 20.5. The van der Waals surface area contributed by atoms with E-state index >= 15 is 0 Å². The summed E-state index contributed by atoms with van der Waals surface area (Å²) in [7, 11) is 0. The second kappa shape index (κ2) is 8.98. The number of H-pyrrole nitrogens is 2. The Morgan fingerprint density at radius 3 is 1.69 bits per heavy atom. The van der Waals surface area contributed by atoms with Gasteiger partial charge in [0.05, 0.1) is 33.2 Å². The Hall–Kier alpha value is -4.00. The molecule has 0 unspecified atom stereocenters. The van der Waals surface area contributed by atoms with Crippen molar-refractivity contribution in [2.45, 2.75) is 53.4 Å². The highest BCUT2D eigenvalue weighted by Gasteiger charge is 2.20. The molecule has 5 rings (SSSR count). The molecule has 0 aromatic carbocycles. The van der Waals surface area contributed by atoms with Crippen molar-refractivity contribution in [3.8, 4) is 0 Å². The van der Waals surface area contributed by atoms with Crippen LogP contribution in [-0.2, 0) is 25.7 Å². The van der Waals surface area contributed by atoms with Crippen LogP contribution in [0, 0.1) is 10.1 Å². The third kappa shape index (κ3) is 3.77. The van der Waals surface area contributed by atoms with Crippen LogP contribution in [-0.4, -0.2) is 24.9 Å². The molecule has 5 heterocycles. The van der Waals surface area contributed by atoms with Gasteiger partial charge in [0.15, 0.2) is 0 Å². The Labute approximate surface area is 203 Å². The minimum Gasteiger partial charge on any atom is -0.355 e. The van der Waals surface area contributed by atoms with Crippen LogP contribution in [0.15, 0.2) is 18.2 Å². The summed E-state index contributed by atoms with van der Waals surface area (Å²) in [5, 5.41) is 12.1. The first kappa shape index (κ1) is 22.8. The zero-order chi connectivity index (χ0) is 24.7. The normalized spacial score (nSPS) is 12.5. The van der Waals surface area contributed by atoms with E-state index in [0.29, 0.717) is 18.4 Å². The first-order valence-corrected chi connectivity index (χ1v) is 12.3. The summed E-state index contributed by atoms with van der Waals surface area (Å²) < 4.78 is 0. The maximum absolute atomic E-state index is 12.1. The summed E-state index contributed by atoms with van der Waals surface area (Å²) in [5.41, 5.74) is 10.8. The average molecular weight is 468 g/mol. The maximum atomic E-state index is 12.1. The number of aromatic amines is 2. The summed E-state index contributed by atoms with van der Waals surface area (Å²) >= 11 is 0. The van der Waals surface area contributed by atoms with Gasteiger partial charge in [0, 0.05) is 33.8 Å². The van der Waals surface area contributed by atoms with E-state index in [2.05, 4.69) is 55.0 Å². The number of nitrogens with one attached hydrogen (secondary N) is 2. The molecule has 0 spiro atoms. The fraction of sp³-hybridized carbons (Fsp3) is 0.286. The van der Waals surface area contributed by atoms with E-state index < -0.39 is 0 Å². The summed E-state index contributed by atoms with van der Waals surface area (Å²) in [6.07, 6.45) is 11.0. The predicted octanol–water partition coefficient (Wildman–Crippen LogP) is 6.81. The molecule has 0 amide bonds. The molecule has 8 bridgehead atoms. The van der Waals surface area contributed by atoms with Crippen LogP contribution < -0.4 is 0 Å². The molecule has 178 valence electrons. The lowest BCUT2D eigenvalue weighted by atomic mass is 10.1. The van der Waals surface area contributed by atoms with Crippen LogP contribution in [0.3, 0.4) is 0 Å². The molecular formula is C28H29N5O2. The van der Waals surface area contributed by atoms with Crippen LogP contribution in [0.5, 0.6) is 0 Å². The lowest BCUT2D eigenvalue weighted by Crippen LogP contribution is -1.94. The van der Waals surface area contributed by atoms with Crippen LogP contribution in [0.25, 0.3) is 46.4 Å². The van der Waals surface area contributed by atoms with Crippen LogP contribution in [0.1, 0.15) is 72.7 Å². The fourth-order valence-electron chi connectivity index (χ4n) is 5.14. The minimum absolute atomic E-state index is 0.0749. The topological polar surface area (TPSA) is 100 Å². The third-order valence-corrected chi connectivity index (χ3v) is 6.89. The van der Waals surface area contributed by atoms with E-state index in [-0.39, 0.29) is 10.6 Å². The van der Waals surface area contributed by atoms with Crippen LogP contribution in [0.2, 0.25) is 0 Å². The third-order valence-electron chi connectivity index (χ3n) is 6.89.